The predicted octanol–water partition coefficient (Wildman–Crippen LogP) is 2.46. The number of rotatable bonds is 4. The van der Waals surface area contributed by atoms with Gasteiger partial charge in [0, 0.05) is 10.4 Å². The predicted molar refractivity (Wildman–Crippen MR) is 93.4 cm³/mol. The third-order valence-electron chi connectivity index (χ3n) is 4.51. The van der Waals surface area contributed by atoms with Crippen LogP contribution in [0.3, 0.4) is 0 Å². The number of aromatic nitrogens is 2. The molecular weight excluding hydrogens is 340 g/mol. The zero-order valence-corrected chi connectivity index (χ0v) is 14.0. The molecule has 1 atom stereocenters. The molecule has 0 aliphatic heterocycles. The number of aryl methyl sites for hydroxylation is 1. The molecule has 1 aromatic carbocycles. The molecule has 2 heterocycles. The molecule has 0 fully saturated rings. The first-order valence-corrected chi connectivity index (χ1v) is 8.69. The molecule has 25 heavy (non-hydrogen) atoms. The van der Waals surface area contributed by atoms with E-state index in [-0.39, 0.29) is 17.9 Å². The second-order valence-corrected chi connectivity index (χ2v) is 7.10. The van der Waals surface area contributed by atoms with E-state index in [1.54, 1.807) is 24.3 Å². The van der Waals surface area contributed by atoms with Crippen molar-refractivity contribution in [2.75, 3.05) is 0 Å². The summed E-state index contributed by atoms with van der Waals surface area (Å²) in [5.41, 5.74) is 0.764. The molecule has 0 radical (unpaired) electrons. The van der Waals surface area contributed by atoms with Crippen molar-refractivity contribution < 1.29 is 14.7 Å². The van der Waals surface area contributed by atoms with Crippen molar-refractivity contribution in [2.24, 2.45) is 0 Å². The first-order chi connectivity index (χ1) is 12.1. The quantitative estimate of drug-likeness (QED) is 0.727. The van der Waals surface area contributed by atoms with Crippen molar-refractivity contribution in [3.63, 3.8) is 0 Å². The van der Waals surface area contributed by atoms with Crippen LogP contribution in [0.2, 0.25) is 0 Å². The number of carboxylic acids is 1. The van der Waals surface area contributed by atoms with Crippen LogP contribution in [0.4, 0.5) is 0 Å². The van der Waals surface area contributed by atoms with Crippen LogP contribution < -0.4 is 5.56 Å². The maximum Gasteiger partial charge on any atom is 0.311 e. The van der Waals surface area contributed by atoms with E-state index < -0.39 is 11.9 Å². The minimum absolute atomic E-state index is 0.117. The molecule has 0 amide bonds. The van der Waals surface area contributed by atoms with E-state index in [1.807, 2.05) is 6.07 Å². The summed E-state index contributed by atoms with van der Waals surface area (Å²) in [6, 6.07) is 8.74. The molecule has 0 saturated carbocycles. The highest BCUT2D eigenvalue weighted by Crippen LogP contribution is 2.41. The molecular formula is C18H14N2O4S. The second-order valence-electron chi connectivity index (χ2n) is 6.02. The Hall–Kier alpha value is -2.80. The fourth-order valence-electron chi connectivity index (χ4n) is 3.30. The van der Waals surface area contributed by atoms with Gasteiger partial charge in [-0.05, 0) is 18.4 Å². The van der Waals surface area contributed by atoms with Crippen LogP contribution in [0.1, 0.15) is 33.1 Å². The number of carboxylic acid groups (broad SMARTS) is 1. The Labute approximate surface area is 146 Å². The Kier molecular flexibility index (Phi) is 3.73. The van der Waals surface area contributed by atoms with Gasteiger partial charge in [-0.15, -0.1) is 11.3 Å². The van der Waals surface area contributed by atoms with Crippen LogP contribution in [0.5, 0.6) is 0 Å². The Morgan fingerprint density at radius 1 is 1.28 bits per heavy atom. The van der Waals surface area contributed by atoms with Crippen molar-refractivity contribution in [1.82, 2.24) is 9.55 Å². The number of hydrogen-bond acceptors (Lipinski definition) is 5. The molecule has 1 unspecified atom stereocenters. The molecule has 1 N–H and O–H groups in total. The zero-order chi connectivity index (χ0) is 17.6. The van der Waals surface area contributed by atoms with Gasteiger partial charge in [-0.2, -0.15) is 0 Å². The molecule has 7 heteroatoms. The number of benzene rings is 1. The fraction of sp³-hybridized carbons (Fsp3) is 0.222. The fourth-order valence-corrected chi connectivity index (χ4v) is 4.50. The van der Waals surface area contributed by atoms with Gasteiger partial charge < -0.3 is 5.11 Å². The first-order valence-electron chi connectivity index (χ1n) is 7.88. The smallest absolute Gasteiger partial charge is 0.311 e. The third kappa shape index (κ3) is 2.56. The van der Waals surface area contributed by atoms with Gasteiger partial charge in [-0.3, -0.25) is 19.0 Å². The number of Topliss-reactive ketones (excluding diaryl/α,β-unsaturated/α-hetero) is 1. The molecule has 3 aromatic rings. The summed E-state index contributed by atoms with van der Waals surface area (Å²) in [6.07, 6.45) is 2.52. The topological polar surface area (TPSA) is 89.3 Å². The Bertz CT molecular complexity index is 1050. The standard InChI is InChI=1S/C18H14N2O4S/c21-12(10-4-2-1-3-5-10)8-20-9-19-16-15(17(20)22)14-11(18(23)24)6-7-13(14)25-16/h1-5,9,11H,6-8H2,(H,23,24). The Balaban J connectivity index is 1.78. The maximum atomic E-state index is 12.9. The highest BCUT2D eigenvalue weighted by Gasteiger charge is 2.34. The number of hydrogen-bond donors (Lipinski definition) is 1. The molecule has 1 aliphatic rings. The SMILES string of the molecule is O=C(Cn1cnc2sc3c(c2c1=O)C(C(=O)O)CC3)c1ccccc1. The van der Waals surface area contributed by atoms with Gasteiger partial charge in [0.15, 0.2) is 5.78 Å². The minimum Gasteiger partial charge on any atom is -0.481 e. The summed E-state index contributed by atoms with van der Waals surface area (Å²) in [5.74, 6) is -1.78. The van der Waals surface area contributed by atoms with Crippen LogP contribution >= 0.6 is 11.3 Å². The van der Waals surface area contributed by atoms with Crippen LogP contribution in [0, 0.1) is 0 Å². The lowest BCUT2D eigenvalue weighted by Crippen LogP contribution is -2.25. The third-order valence-corrected chi connectivity index (χ3v) is 5.68. The summed E-state index contributed by atoms with van der Waals surface area (Å²) in [4.78, 5) is 42.5. The zero-order valence-electron chi connectivity index (χ0n) is 13.1. The van der Waals surface area contributed by atoms with E-state index in [1.165, 1.54) is 22.2 Å². The summed E-state index contributed by atoms with van der Waals surface area (Å²) in [5, 5.41) is 9.77. The van der Waals surface area contributed by atoms with Crippen molar-refractivity contribution in [1.29, 1.82) is 0 Å². The molecule has 0 saturated heterocycles. The molecule has 126 valence electrons. The van der Waals surface area contributed by atoms with Gasteiger partial charge in [0.05, 0.1) is 24.2 Å². The molecule has 1 aliphatic carbocycles. The van der Waals surface area contributed by atoms with Crippen molar-refractivity contribution in [3.8, 4) is 0 Å². The summed E-state index contributed by atoms with van der Waals surface area (Å²) in [6.45, 7) is -0.117. The molecule has 2 aromatic heterocycles. The second kappa shape index (κ2) is 5.93. The molecule has 0 spiro atoms. The molecule has 6 nitrogen and oxygen atoms in total. The Morgan fingerprint density at radius 3 is 2.76 bits per heavy atom. The number of fused-ring (bicyclic) bond motifs is 3. The highest BCUT2D eigenvalue weighted by molar-refractivity contribution is 7.18. The maximum absolute atomic E-state index is 12.9. The lowest BCUT2D eigenvalue weighted by molar-refractivity contribution is -0.138. The van der Waals surface area contributed by atoms with E-state index in [9.17, 15) is 19.5 Å². The van der Waals surface area contributed by atoms with Gasteiger partial charge >= 0.3 is 5.97 Å². The van der Waals surface area contributed by atoms with Crippen LogP contribution in [-0.4, -0.2) is 26.4 Å². The van der Waals surface area contributed by atoms with Crippen LogP contribution in [0.25, 0.3) is 10.2 Å². The number of ketones is 1. The average Bonchev–Trinajstić information content (AvgIpc) is 3.17. The number of aliphatic carboxylic acids is 1. The number of carbonyl (C=O) groups is 2. The normalized spacial score (nSPS) is 16.1. The van der Waals surface area contributed by atoms with Gasteiger partial charge in [0.1, 0.15) is 4.83 Å². The summed E-state index contributed by atoms with van der Waals surface area (Å²) >= 11 is 1.37. The van der Waals surface area contributed by atoms with E-state index >= 15 is 0 Å². The Morgan fingerprint density at radius 2 is 2.04 bits per heavy atom. The minimum atomic E-state index is -0.923. The number of nitrogens with zero attached hydrogens (tertiary/aromatic N) is 2. The molecule has 0 bridgehead atoms. The lowest BCUT2D eigenvalue weighted by atomic mass is 10.0. The van der Waals surface area contributed by atoms with Gasteiger partial charge in [-0.1, -0.05) is 30.3 Å². The van der Waals surface area contributed by atoms with E-state index in [2.05, 4.69) is 4.98 Å². The number of carbonyl (C=O) groups excluding carboxylic acids is 1. The largest absolute Gasteiger partial charge is 0.481 e. The molecule has 4 rings (SSSR count). The van der Waals surface area contributed by atoms with Crippen LogP contribution in [0.15, 0.2) is 41.5 Å². The average molecular weight is 354 g/mol. The van der Waals surface area contributed by atoms with E-state index in [4.69, 9.17) is 0 Å². The lowest BCUT2D eigenvalue weighted by Gasteiger charge is -2.07. The summed E-state index contributed by atoms with van der Waals surface area (Å²) in [7, 11) is 0. The van der Waals surface area contributed by atoms with Gasteiger partial charge in [0.2, 0.25) is 0 Å². The van der Waals surface area contributed by atoms with E-state index in [0.29, 0.717) is 34.2 Å². The highest BCUT2D eigenvalue weighted by atomic mass is 32.1. The van der Waals surface area contributed by atoms with Crippen LogP contribution in [-0.2, 0) is 17.8 Å². The van der Waals surface area contributed by atoms with Gasteiger partial charge in [-0.25, -0.2) is 4.98 Å². The monoisotopic (exact) mass is 354 g/mol. The van der Waals surface area contributed by atoms with E-state index in [0.717, 1.165) is 4.88 Å². The van der Waals surface area contributed by atoms with Crippen molar-refractivity contribution >= 4 is 33.3 Å². The first kappa shape index (κ1) is 15.7. The van der Waals surface area contributed by atoms with Gasteiger partial charge in [0.25, 0.3) is 5.56 Å². The number of thiophene rings is 1. The van der Waals surface area contributed by atoms with Crippen molar-refractivity contribution in [2.45, 2.75) is 25.3 Å². The summed E-state index contributed by atoms with van der Waals surface area (Å²) < 4.78 is 1.27. The van der Waals surface area contributed by atoms with Crippen molar-refractivity contribution in [3.05, 3.63) is 63.0 Å².